The van der Waals surface area contributed by atoms with Gasteiger partial charge in [0.05, 0.1) is 11.2 Å². The van der Waals surface area contributed by atoms with Crippen LogP contribution in [0.25, 0.3) is 10.9 Å². The molecule has 0 bridgehead atoms. The van der Waals surface area contributed by atoms with Gasteiger partial charge in [0.1, 0.15) is 17.7 Å². The van der Waals surface area contributed by atoms with Crippen LogP contribution in [0.15, 0.2) is 36.8 Å². The van der Waals surface area contributed by atoms with E-state index in [-0.39, 0.29) is 11.5 Å². The minimum atomic E-state index is -0.947. The van der Waals surface area contributed by atoms with Crippen LogP contribution < -0.4 is 4.90 Å². The number of pyridine rings is 1. The van der Waals surface area contributed by atoms with Crippen LogP contribution >= 0.6 is 0 Å². The Kier molecular flexibility index (Phi) is 4.28. The highest BCUT2D eigenvalue weighted by Gasteiger charge is 2.28. The van der Waals surface area contributed by atoms with E-state index in [2.05, 4.69) is 31.6 Å². The van der Waals surface area contributed by atoms with Crippen LogP contribution in [0.2, 0.25) is 0 Å². The Morgan fingerprint density at radius 2 is 2.19 bits per heavy atom. The first-order valence-electron chi connectivity index (χ1n) is 8.92. The number of carboxylic acids is 1. The number of benzene rings is 1. The molecule has 0 aliphatic carbocycles. The van der Waals surface area contributed by atoms with Gasteiger partial charge in [-0.25, -0.2) is 4.79 Å². The molecule has 4 rings (SSSR count). The largest absolute Gasteiger partial charge is 0.478 e. The van der Waals surface area contributed by atoms with Crippen LogP contribution in [0.5, 0.6) is 0 Å². The van der Waals surface area contributed by atoms with Crippen molar-refractivity contribution in [1.82, 2.24) is 19.7 Å². The van der Waals surface area contributed by atoms with Gasteiger partial charge in [-0.2, -0.15) is 0 Å². The summed E-state index contributed by atoms with van der Waals surface area (Å²) in [4.78, 5) is 18.3. The third kappa shape index (κ3) is 2.79. The average Bonchev–Trinajstić information content (AvgIpc) is 3.16. The molecule has 7 heteroatoms. The Morgan fingerprint density at radius 3 is 3.00 bits per heavy atom. The monoisotopic (exact) mass is 351 g/mol. The molecule has 0 saturated carbocycles. The van der Waals surface area contributed by atoms with Gasteiger partial charge >= 0.3 is 5.97 Å². The SMILES string of the molecule is CCn1cnnc1C1CCCN(c2c(C(=O)O)cnc3ccccc23)C1. The molecule has 1 aliphatic heterocycles. The number of para-hydroxylation sites is 1. The molecule has 26 heavy (non-hydrogen) atoms. The number of aromatic nitrogens is 4. The van der Waals surface area contributed by atoms with E-state index in [0.29, 0.717) is 0 Å². The van der Waals surface area contributed by atoms with Gasteiger partial charge in [0, 0.05) is 37.1 Å². The van der Waals surface area contributed by atoms with E-state index in [1.807, 2.05) is 24.3 Å². The van der Waals surface area contributed by atoms with E-state index in [4.69, 9.17) is 0 Å². The standard InChI is InChI=1S/C19H21N5O2/c1-2-23-12-21-22-18(23)13-6-5-9-24(11-13)17-14-7-3-4-8-16(14)20-10-15(17)19(25)26/h3-4,7-8,10,12-13H,2,5-6,9,11H2,1H3,(H,25,26). The van der Waals surface area contributed by atoms with Crippen LogP contribution in [0.4, 0.5) is 5.69 Å². The molecule has 0 amide bonds. The lowest BCUT2D eigenvalue weighted by atomic mass is 9.95. The van der Waals surface area contributed by atoms with Crippen molar-refractivity contribution in [2.24, 2.45) is 0 Å². The summed E-state index contributed by atoms with van der Waals surface area (Å²) in [7, 11) is 0. The number of anilines is 1. The summed E-state index contributed by atoms with van der Waals surface area (Å²) in [5.41, 5.74) is 1.82. The molecule has 7 nitrogen and oxygen atoms in total. The van der Waals surface area contributed by atoms with Crippen LogP contribution in [0.1, 0.15) is 41.9 Å². The molecular weight excluding hydrogens is 330 g/mol. The second-order valence-corrected chi connectivity index (χ2v) is 6.60. The first-order valence-corrected chi connectivity index (χ1v) is 8.92. The second kappa shape index (κ2) is 6.74. The summed E-state index contributed by atoms with van der Waals surface area (Å²) < 4.78 is 2.07. The summed E-state index contributed by atoms with van der Waals surface area (Å²) in [6.45, 7) is 4.46. The Hall–Kier alpha value is -2.96. The van der Waals surface area contributed by atoms with Crippen molar-refractivity contribution in [3.8, 4) is 0 Å². The van der Waals surface area contributed by atoms with E-state index in [0.717, 1.165) is 54.9 Å². The highest BCUT2D eigenvalue weighted by atomic mass is 16.4. The number of carboxylic acid groups (broad SMARTS) is 1. The Labute approximate surface area is 151 Å². The molecule has 0 spiro atoms. The molecule has 1 atom stereocenters. The van der Waals surface area contributed by atoms with Crippen molar-refractivity contribution in [1.29, 1.82) is 0 Å². The van der Waals surface area contributed by atoms with Gasteiger partial charge in [0.2, 0.25) is 0 Å². The number of fused-ring (bicyclic) bond motifs is 1. The van der Waals surface area contributed by atoms with Gasteiger partial charge in [0.25, 0.3) is 0 Å². The van der Waals surface area contributed by atoms with Crippen molar-refractivity contribution < 1.29 is 9.90 Å². The number of aromatic carboxylic acids is 1. The molecule has 2 aromatic heterocycles. The van der Waals surface area contributed by atoms with E-state index in [9.17, 15) is 9.90 Å². The Balaban J connectivity index is 1.77. The summed E-state index contributed by atoms with van der Waals surface area (Å²) in [5, 5.41) is 18.9. The average molecular weight is 351 g/mol. The highest BCUT2D eigenvalue weighted by Crippen LogP contribution is 2.35. The zero-order valence-corrected chi connectivity index (χ0v) is 14.7. The lowest BCUT2D eigenvalue weighted by Gasteiger charge is -2.35. The number of rotatable bonds is 4. The molecule has 1 N–H and O–H groups in total. The minimum absolute atomic E-state index is 0.236. The molecule has 1 fully saturated rings. The van der Waals surface area contributed by atoms with E-state index in [1.54, 1.807) is 6.33 Å². The normalized spacial score (nSPS) is 17.6. The lowest BCUT2D eigenvalue weighted by molar-refractivity contribution is 0.0697. The third-order valence-corrected chi connectivity index (χ3v) is 5.07. The fourth-order valence-corrected chi connectivity index (χ4v) is 3.84. The van der Waals surface area contributed by atoms with Gasteiger partial charge in [-0.3, -0.25) is 4.98 Å². The van der Waals surface area contributed by atoms with Crippen molar-refractivity contribution in [3.63, 3.8) is 0 Å². The van der Waals surface area contributed by atoms with Crippen LogP contribution in [0.3, 0.4) is 0 Å². The molecule has 1 aromatic carbocycles. The number of hydrogen-bond acceptors (Lipinski definition) is 5. The van der Waals surface area contributed by atoms with Crippen LogP contribution in [0, 0.1) is 0 Å². The van der Waals surface area contributed by atoms with Gasteiger partial charge in [-0.05, 0) is 25.8 Å². The van der Waals surface area contributed by atoms with Gasteiger partial charge < -0.3 is 14.6 Å². The van der Waals surface area contributed by atoms with Crippen molar-refractivity contribution >= 4 is 22.6 Å². The molecule has 1 saturated heterocycles. The number of hydrogen-bond donors (Lipinski definition) is 1. The van der Waals surface area contributed by atoms with E-state index < -0.39 is 5.97 Å². The van der Waals surface area contributed by atoms with E-state index >= 15 is 0 Å². The second-order valence-electron chi connectivity index (χ2n) is 6.60. The molecular formula is C19H21N5O2. The van der Waals surface area contributed by atoms with Gasteiger partial charge in [-0.1, -0.05) is 18.2 Å². The molecule has 0 radical (unpaired) electrons. The topological polar surface area (TPSA) is 84.1 Å². The zero-order chi connectivity index (χ0) is 18.1. The Morgan fingerprint density at radius 1 is 1.35 bits per heavy atom. The summed E-state index contributed by atoms with van der Waals surface area (Å²) in [5.74, 6) is 0.268. The highest BCUT2D eigenvalue weighted by molar-refractivity contribution is 6.04. The first kappa shape index (κ1) is 16.5. The number of piperidine rings is 1. The van der Waals surface area contributed by atoms with Crippen molar-refractivity contribution in [2.75, 3.05) is 18.0 Å². The first-order chi connectivity index (χ1) is 12.7. The summed E-state index contributed by atoms with van der Waals surface area (Å²) >= 11 is 0. The predicted molar refractivity (Wildman–Crippen MR) is 98.6 cm³/mol. The molecule has 134 valence electrons. The maximum Gasteiger partial charge on any atom is 0.339 e. The number of carbonyl (C=O) groups is 1. The molecule has 3 aromatic rings. The minimum Gasteiger partial charge on any atom is -0.478 e. The fourth-order valence-electron chi connectivity index (χ4n) is 3.84. The third-order valence-electron chi connectivity index (χ3n) is 5.07. The molecule has 1 unspecified atom stereocenters. The van der Waals surface area contributed by atoms with Crippen LogP contribution in [-0.4, -0.2) is 43.9 Å². The fraction of sp³-hybridized carbons (Fsp3) is 0.368. The number of nitrogens with zero attached hydrogens (tertiary/aromatic N) is 5. The lowest BCUT2D eigenvalue weighted by Crippen LogP contribution is -2.36. The predicted octanol–water partition coefficient (Wildman–Crippen LogP) is 2.93. The maximum absolute atomic E-state index is 11.8. The van der Waals surface area contributed by atoms with Gasteiger partial charge in [-0.15, -0.1) is 10.2 Å². The van der Waals surface area contributed by atoms with Crippen molar-refractivity contribution in [3.05, 3.63) is 48.2 Å². The smallest absolute Gasteiger partial charge is 0.339 e. The maximum atomic E-state index is 11.8. The quantitative estimate of drug-likeness (QED) is 0.778. The van der Waals surface area contributed by atoms with E-state index in [1.165, 1.54) is 6.20 Å². The van der Waals surface area contributed by atoms with Crippen LogP contribution in [-0.2, 0) is 6.54 Å². The summed E-state index contributed by atoms with van der Waals surface area (Å²) in [6, 6.07) is 7.71. The Bertz CT molecular complexity index is 952. The van der Waals surface area contributed by atoms with Crippen molar-refractivity contribution in [2.45, 2.75) is 32.2 Å². The molecule has 3 heterocycles. The zero-order valence-electron chi connectivity index (χ0n) is 14.7. The molecule has 1 aliphatic rings. The number of aryl methyl sites for hydroxylation is 1. The summed E-state index contributed by atoms with van der Waals surface area (Å²) in [6.07, 6.45) is 5.24. The van der Waals surface area contributed by atoms with Gasteiger partial charge in [0.15, 0.2) is 0 Å².